The Morgan fingerprint density at radius 2 is 1.69 bits per heavy atom. The highest BCUT2D eigenvalue weighted by atomic mass is 16.6. The van der Waals surface area contributed by atoms with Gasteiger partial charge in [-0.1, -0.05) is 42.5 Å². The van der Waals surface area contributed by atoms with Crippen LogP contribution in [0.3, 0.4) is 0 Å². The predicted molar refractivity (Wildman–Crippen MR) is 132 cm³/mol. The number of carbonyl (C=O) groups is 2. The average Bonchev–Trinajstić information content (AvgIpc) is 2.86. The van der Waals surface area contributed by atoms with Crippen molar-refractivity contribution in [3.05, 3.63) is 64.8 Å². The second kappa shape index (κ2) is 10.8. The summed E-state index contributed by atoms with van der Waals surface area (Å²) in [6.45, 7) is 5.30. The van der Waals surface area contributed by atoms with Gasteiger partial charge in [0, 0.05) is 5.56 Å². The summed E-state index contributed by atoms with van der Waals surface area (Å²) in [5.74, 6) is -0.537. The van der Waals surface area contributed by atoms with Gasteiger partial charge in [0.2, 0.25) is 6.73 Å². The summed E-state index contributed by atoms with van der Waals surface area (Å²) < 4.78 is 22.7. The predicted octanol–water partition coefficient (Wildman–Crippen LogP) is 4.03. The number of hydrogen-bond acceptors (Lipinski definition) is 7. The molecule has 35 heavy (non-hydrogen) atoms. The van der Waals surface area contributed by atoms with Gasteiger partial charge in [-0.2, -0.15) is 0 Å². The molecule has 2 aromatic carbocycles. The lowest BCUT2D eigenvalue weighted by molar-refractivity contribution is -0.155. The number of rotatable bonds is 8. The summed E-state index contributed by atoms with van der Waals surface area (Å²) in [7, 11) is 0. The fourth-order valence-corrected chi connectivity index (χ4v) is 4.14. The second-order valence-corrected chi connectivity index (χ2v) is 8.89. The Bertz CT molecular complexity index is 1240. The van der Waals surface area contributed by atoms with Crippen molar-refractivity contribution in [1.29, 1.82) is 0 Å². The lowest BCUT2D eigenvalue weighted by Crippen LogP contribution is -2.58. The van der Waals surface area contributed by atoms with E-state index in [4.69, 9.17) is 18.6 Å². The number of quaternary nitrogens is 1. The van der Waals surface area contributed by atoms with E-state index in [1.807, 2.05) is 42.5 Å². The fraction of sp³-hybridized carbons (Fsp3) is 0.370. The fourth-order valence-electron chi connectivity index (χ4n) is 4.14. The van der Waals surface area contributed by atoms with Gasteiger partial charge >= 0.3 is 17.8 Å². The molecule has 8 heteroatoms. The van der Waals surface area contributed by atoms with Gasteiger partial charge in [0.15, 0.2) is 11.0 Å². The summed E-state index contributed by atoms with van der Waals surface area (Å²) in [5.41, 5.74) is 2.08. The summed E-state index contributed by atoms with van der Waals surface area (Å²) >= 11 is 0. The molecule has 3 aromatic rings. The van der Waals surface area contributed by atoms with E-state index >= 15 is 0 Å². The van der Waals surface area contributed by atoms with E-state index in [-0.39, 0.29) is 35.6 Å². The molecule has 0 atom stereocenters. The molecule has 1 fully saturated rings. The van der Waals surface area contributed by atoms with E-state index < -0.39 is 11.9 Å². The van der Waals surface area contributed by atoms with E-state index in [9.17, 15) is 14.4 Å². The zero-order valence-electron chi connectivity index (χ0n) is 20.0. The Hall–Kier alpha value is -3.49. The topological polar surface area (TPSA) is 92.0 Å². The molecule has 184 valence electrons. The van der Waals surface area contributed by atoms with Gasteiger partial charge in [-0.3, -0.25) is 14.4 Å². The third-order valence-electron chi connectivity index (χ3n) is 5.99. The molecule has 1 aromatic heterocycles. The summed E-state index contributed by atoms with van der Waals surface area (Å²) in [6.07, 6.45) is -0.370. The molecule has 0 N–H and O–H groups in total. The van der Waals surface area contributed by atoms with Gasteiger partial charge in [-0.15, -0.1) is 0 Å². The first-order valence-electron chi connectivity index (χ1n) is 11.8. The quantitative estimate of drug-likeness (QED) is 0.355. The smallest absolute Gasteiger partial charge is 0.310 e. The van der Waals surface area contributed by atoms with Crippen molar-refractivity contribution in [2.75, 3.05) is 33.0 Å². The Labute approximate surface area is 203 Å². The van der Waals surface area contributed by atoms with Crippen molar-refractivity contribution in [2.45, 2.75) is 32.8 Å². The molecule has 1 aliphatic heterocycles. The molecule has 0 amide bonds. The first-order chi connectivity index (χ1) is 16.9. The number of morpholine rings is 1. The van der Waals surface area contributed by atoms with Crippen molar-refractivity contribution in [1.82, 2.24) is 4.48 Å². The standard InChI is InChI=1S/C27H30NO7/c1-19(2)34-26(31)12-11-25(30)33-18-28(13-15-32-16-14-28)24-17-23(29)22-10-6-9-21(27(22)35-24)20-7-4-3-5-8-20/h3-10,17,19H,11-16,18H2,1-2H3/q+1. The van der Waals surface area contributed by atoms with Crippen LogP contribution in [0, 0.1) is 0 Å². The number of benzene rings is 2. The van der Waals surface area contributed by atoms with Gasteiger partial charge in [0.05, 0.1) is 43.6 Å². The Balaban J connectivity index is 1.62. The van der Waals surface area contributed by atoms with Crippen molar-refractivity contribution in [3.8, 4) is 11.1 Å². The van der Waals surface area contributed by atoms with Gasteiger partial charge in [-0.25, -0.2) is 4.48 Å². The molecule has 8 nitrogen and oxygen atoms in total. The molecule has 0 bridgehead atoms. The number of hydrogen-bond donors (Lipinski definition) is 0. The minimum absolute atomic E-state index is 0.0244. The Morgan fingerprint density at radius 1 is 0.971 bits per heavy atom. The van der Waals surface area contributed by atoms with E-state index in [2.05, 4.69) is 0 Å². The van der Waals surface area contributed by atoms with E-state index in [0.717, 1.165) is 11.1 Å². The van der Waals surface area contributed by atoms with Crippen LogP contribution < -0.4 is 9.91 Å². The summed E-state index contributed by atoms with van der Waals surface area (Å²) in [4.78, 5) is 37.3. The number of nitrogens with zero attached hydrogens (tertiary/aromatic N) is 1. The van der Waals surface area contributed by atoms with Crippen molar-refractivity contribution < 1.29 is 28.2 Å². The van der Waals surface area contributed by atoms with Crippen LogP contribution in [-0.2, 0) is 23.8 Å². The molecular weight excluding hydrogens is 450 g/mol. The maximum Gasteiger partial charge on any atom is 0.310 e. The van der Waals surface area contributed by atoms with Crippen LogP contribution in [0.15, 0.2) is 63.8 Å². The van der Waals surface area contributed by atoms with Crippen LogP contribution in [-0.4, -0.2) is 51.1 Å². The van der Waals surface area contributed by atoms with Crippen molar-refractivity contribution >= 4 is 28.8 Å². The lowest BCUT2D eigenvalue weighted by Gasteiger charge is -2.37. The maximum atomic E-state index is 13.1. The third kappa shape index (κ3) is 5.78. The molecule has 2 heterocycles. The van der Waals surface area contributed by atoms with Gasteiger partial charge in [-0.05, 0) is 25.5 Å². The highest BCUT2D eigenvalue weighted by molar-refractivity contribution is 5.92. The zero-order valence-corrected chi connectivity index (χ0v) is 20.0. The van der Waals surface area contributed by atoms with Crippen LogP contribution in [0.5, 0.6) is 0 Å². The lowest BCUT2D eigenvalue weighted by atomic mass is 10.0. The first kappa shape index (κ1) is 24.6. The Kier molecular flexibility index (Phi) is 7.63. The van der Waals surface area contributed by atoms with Gasteiger partial charge < -0.3 is 18.6 Å². The number of para-hydroxylation sites is 1. The molecule has 4 rings (SSSR count). The minimum atomic E-state index is -0.511. The zero-order chi connectivity index (χ0) is 24.8. The van der Waals surface area contributed by atoms with Crippen LogP contribution in [0.1, 0.15) is 26.7 Å². The molecule has 1 aliphatic rings. The molecule has 0 saturated carbocycles. The number of fused-ring (bicyclic) bond motifs is 1. The monoisotopic (exact) mass is 480 g/mol. The normalized spacial score (nSPS) is 15.2. The van der Waals surface area contributed by atoms with Gasteiger partial charge in [0.25, 0.3) is 0 Å². The SMILES string of the molecule is CC(C)OC(=O)CCC(=O)OC[N+]1(c2cc(=O)c3cccc(-c4ccccc4)c3o2)CCOCC1. The minimum Gasteiger partial charge on any atom is -0.463 e. The molecule has 0 unspecified atom stereocenters. The molecule has 0 spiro atoms. The van der Waals surface area contributed by atoms with E-state index in [1.165, 1.54) is 6.07 Å². The number of carbonyl (C=O) groups excluding carboxylic acids is 2. The summed E-state index contributed by atoms with van der Waals surface area (Å²) in [5, 5.41) is 0.488. The van der Waals surface area contributed by atoms with E-state index in [0.29, 0.717) is 43.2 Å². The van der Waals surface area contributed by atoms with Crippen molar-refractivity contribution in [3.63, 3.8) is 0 Å². The average molecular weight is 481 g/mol. The van der Waals surface area contributed by atoms with Crippen LogP contribution in [0.2, 0.25) is 0 Å². The maximum absolute atomic E-state index is 13.1. The number of ether oxygens (including phenoxy) is 3. The highest BCUT2D eigenvalue weighted by Gasteiger charge is 2.38. The van der Waals surface area contributed by atoms with Gasteiger partial charge in [0.1, 0.15) is 13.1 Å². The third-order valence-corrected chi connectivity index (χ3v) is 5.99. The molecule has 1 saturated heterocycles. The van der Waals surface area contributed by atoms with Crippen LogP contribution >= 0.6 is 0 Å². The number of esters is 2. The highest BCUT2D eigenvalue weighted by Crippen LogP contribution is 2.32. The van der Waals surface area contributed by atoms with Crippen molar-refractivity contribution in [2.24, 2.45) is 0 Å². The Morgan fingerprint density at radius 3 is 2.40 bits per heavy atom. The molecular formula is C27H30NO7+. The second-order valence-electron chi connectivity index (χ2n) is 8.89. The first-order valence-corrected chi connectivity index (χ1v) is 11.8. The largest absolute Gasteiger partial charge is 0.463 e. The van der Waals surface area contributed by atoms with Crippen LogP contribution in [0.4, 0.5) is 5.88 Å². The molecule has 0 aliphatic carbocycles. The van der Waals surface area contributed by atoms with Crippen LogP contribution in [0.25, 0.3) is 22.1 Å². The van der Waals surface area contributed by atoms with E-state index in [1.54, 1.807) is 19.9 Å². The molecule has 0 radical (unpaired) electrons. The summed E-state index contributed by atoms with van der Waals surface area (Å²) in [6, 6.07) is 16.7.